The van der Waals surface area contributed by atoms with Crippen LogP contribution in [0.4, 0.5) is 19.1 Å². The molecule has 0 spiro atoms. The van der Waals surface area contributed by atoms with Crippen LogP contribution in [-0.4, -0.2) is 47.0 Å². The largest absolute Gasteiger partial charge is 0.419 e. The molecule has 1 aliphatic rings. The van der Waals surface area contributed by atoms with Gasteiger partial charge in [0.1, 0.15) is 0 Å². The number of carbonyl (C=O) groups excluding carboxylic acids is 1. The number of hydrogen-bond acceptors (Lipinski definition) is 4. The van der Waals surface area contributed by atoms with Gasteiger partial charge in [0.25, 0.3) is 0 Å². The minimum absolute atomic E-state index is 0.240. The van der Waals surface area contributed by atoms with E-state index < -0.39 is 11.7 Å². The van der Waals surface area contributed by atoms with E-state index in [-0.39, 0.29) is 11.9 Å². The van der Waals surface area contributed by atoms with Gasteiger partial charge >= 0.3 is 6.18 Å². The summed E-state index contributed by atoms with van der Waals surface area (Å²) in [4.78, 5) is 21.8. The molecular formula is C11H12F3N4O. The molecule has 1 amide bonds. The van der Waals surface area contributed by atoms with Gasteiger partial charge in [-0.2, -0.15) is 13.2 Å². The van der Waals surface area contributed by atoms with Crippen molar-refractivity contribution in [1.82, 2.24) is 14.9 Å². The maximum atomic E-state index is 12.4. The fourth-order valence-electron chi connectivity index (χ4n) is 1.79. The van der Waals surface area contributed by atoms with Crippen LogP contribution in [0.15, 0.2) is 12.4 Å². The maximum Gasteiger partial charge on any atom is 0.419 e. The van der Waals surface area contributed by atoms with E-state index in [4.69, 9.17) is 0 Å². The number of alkyl halides is 3. The molecule has 2 heterocycles. The molecule has 0 bridgehead atoms. The molecule has 0 N–H and O–H groups in total. The quantitative estimate of drug-likeness (QED) is 0.765. The first-order valence-corrected chi connectivity index (χ1v) is 5.63. The summed E-state index contributed by atoms with van der Waals surface area (Å²) in [6.07, 6.45) is -2.90. The molecule has 19 heavy (non-hydrogen) atoms. The summed E-state index contributed by atoms with van der Waals surface area (Å²) in [5.74, 6) is -0.0165. The second-order valence-corrected chi connectivity index (χ2v) is 4.14. The van der Waals surface area contributed by atoms with E-state index in [2.05, 4.69) is 16.9 Å². The lowest BCUT2D eigenvalue weighted by molar-refractivity contribution is -0.138. The van der Waals surface area contributed by atoms with Crippen LogP contribution >= 0.6 is 0 Å². The molecule has 1 aromatic heterocycles. The predicted molar refractivity (Wildman–Crippen MR) is 61.2 cm³/mol. The maximum absolute atomic E-state index is 12.4. The Morgan fingerprint density at radius 3 is 2.11 bits per heavy atom. The van der Waals surface area contributed by atoms with E-state index >= 15 is 0 Å². The van der Waals surface area contributed by atoms with Crippen LogP contribution in [-0.2, 0) is 11.0 Å². The van der Waals surface area contributed by atoms with Crippen molar-refractivity contribution < 1.29 is 18.0 Å². The van der Waals surface area contributed by atoms with Crippen LogP contribution in [0.3, 0.4) is 0 Å². The van der Waals surface area contributed by atoms with Gasteiger partial charge in [0.15, 0.2) is 0 Å². The lowest BCUT2D eigenvalue weighted by Gasteiger charge is -2.34. The van der Waals surface area contributed by atoms with Crippen LogP contribution in [0.2, 0.25) is 0 Å². The van der Waals surface area contributed by atoms with E-state index in [1.54, 1.807) is 9.80 Å². The minimum Gasteiger partial charge on any atom is -0.339 e. The number of piperazine rings is 1. The molecule has 0 aromatic carbocycles. The van der Waals surface area contributed by atoms with Crippen LogP contribution in [0, 0.1) is 6.92 Å². The lowest BCUT2D eigenvalue weighted by Crippen LogP contribution is -2.48. The van der Waals surface area contributed by atoms with Crippen LogP contribution < -0.4 is 4.90 Å². The summed E-state index contributed by atoms with van der Waals surface area (Å²) in [6.45, 7) is 5.20. The van der Waals surface area contributed by atoms with Gasteiger partial charge < -0.3 is 9.80 Å². The van der Waals surface area contributed by atoms with Gasteiger partial charge in [0.2, 0.25) is 11.9 Å². The normalized spacial score (nSPS) is 16.6. The van der Waals surface area contributed by atoms with Crippen molar-refractivity contribution >= 4 is 11.9 Å². The van der Waals surface area contributed by atoms with E-state index in [1.807, 2.05) is 0 Å². The third-order valence-corrected chi connectivity index (χ3v) is 2.88. The van der Waals surface area contributed by atoms with Crippen molar-refractivity contribution in [3.63, 3.8) is 0 Å². The predicted octanol–water partition coefficient (Wildman–Crippen LogP) is 0.978. The molecule has 103 valence electrons. The zero-order valence-electron chi connectivity index (χ0n) is 10.0. The summed E-state index contributed by atoms with van der Waals surface area (Å²) in [6, 6.07) is 0. The van der Waals surface area contributed by atoms with Crippen LogP contribution in [0.25, 0.3) is 0 Å². The average molecular weight is 273 g/mol. The highest BCUT2D eigenvalue weighted by Gasteiger charge is 2.31. The Balaban J connectivity index is 2.02. The van der Waals surface area contributed by atoms with Crippen molar-refractivity contribution in [2.24, 2.45) is 0 Å². The number of anilines is 1. The van der Waals surface area contributed by atoms with E-state index in [1.165, 1.54) is 0 Å². The van der Waals surface area contributed by atoms with Crippen molar-refractivity contribution in [3.8, 4) is 0 Å². The van der Waals surface area contributed by atoms with Gasteiger partial charge in [0, 0.05) is 45.5 Å². The standard InChI is InChI=1S/C11H12F3N4O/c1-8(19)17-2-4-18(5-3-17)10-15-6-9(7-16-10)11(12,13)14/h6-7H,1-5H2. The van der Waals surface area contributed by atoms with Gasteiger partial charge in [-0.3, -0.25) is 4.79 Å². The van der Waals surface area contributed by atoms with Gasteiger partial charge in [-0.05, 0) is 0 Å². The van der Waals surface area contributed by atoms with Crippen molar-refractivity contribution in [2.45, 2.75) is 6.18 Å². The SMILES string of the molecule is [CH2]C(=O)N1CCN(c2ncc(C(F)(F)F)cn2)CC1. The van der Waals surface area contributed by atoms with Gasteiger partial charge in [-0.25, -0.2) is 9.97 Å². The first-order chi connectivity index (χ1) is 8.88. The Bertz CT molecular complexity index is 452. The first kappa shape index (κ1) is 13.6. The smallest absolute Gasteiger partial charge is 0.339 e. The average Bonchev–Trinajstić information content (AvgIpc) is 2.38. The molecule has 1 fully saturated rings. The second-order valence-electron chi connectivity index (χ2n) is 4.14. The highest BCUT2D eigenvalue weighted by molar-refractivity contribution is 5.80. The summed E-state index contributed by atoms with van der Waals surface area (Å²) in [5.41, 5.74) is -0.872. The minimum atomic E-state index is -4.43. The Kier molecular flexibility index (Phi) is 3.59. The zero-order valence-corrected chi connectivity index (χ0v) is 10.0. The third-order valence-electron chi connectivity index (χ3n) is 2.88. The molecule has 1 aliphatic heterocycles. The van der Waals surface area contributed by atoms with Gasteiger partial charge in [0.05, 0.1) is 5.56 Å². The number of aromatic nitrogens is 2. The fraction of sp³-hybridized carbons (Fsp3) is 0.455. The summed E-state index contributed by atoms with van der Waals surface area (Å²) in [5, 5.41) is 0. The molecule has 8 heteroatoms. The molecule has 1 saturated heterocycles. The molecular weight excluding hydrogens is 261 g/mol. The Morgan fingerprint density at radius 1 is 1.16 bits per heavy atom. The topological polar surface area (TPSA) is 49.3 Å². The summed E-state index contributed by atoms with van der Waals surface area (Å²) < 4.78 is 37.1. The molecule has 2 rings (SSSR count). The number of carbonyl (C=O) groups is 1. The molecule has 0 unspecified atom stereocenters. The third kappa shape index (κ3) is 3.12. The van der Waals surface area contributed by atoms with Gasteiger partial charge in [-0.1, -0.05) is 0 Å². The highest BCUT2D eigenvalue weighted by Crippen LogP contribution is 2.28. The second kappa shape index (κ2) is 5.02. The van der Waals surface area contributed by atoms with Crippen LogP contribution in [0.1, 0.15) is 5.56 Å². The first-order valence-electron chi connectivity index (χ1n) is 5.63. The Labute approximate surface area is 108 Å². The summed E-state index contributed by atoms with van der Waals surface area (Å²) >= 11 is 0. The Hall–Kier alpha value is -1.86. The lowest BCUT2D eigenvalue weighted by atomic mass is 10.3. The van der Waals surface area contributed by atoms with Crippen molar-refractivity contribution in [3.05, 3.63) is 24.9 Å². The van der Waals surface area contributed by atoms with E-state index in [0.717, 1.165) is 12.4 Å². The fourth-order valence-corrected chi connectivity index (χ4v) is 1.79. The molecule has 0 saturated carbocycles. The van der Waals surface area contributed by atoms with Crippen LogP contribution in [0.5, 0.6) is 0 Å². The van der Waals surface area contributed by atoms with Gasteiger partial charge in [-0.15, -0.1) is 0 Å². The van der Waals surface area contributed by atoms with Crippen molar-refractivity contribution in [1.29, 1.82) is 0 Å². The monoisotopic (exact) mass is 273 g/mol. The Morgan fingerprint density at radius 2 is 1.68 bits per heavy atom. The van der Waals surface area contributed by atoms with Crippen molar-refractivity contribution in [2.75, 3.05) is 31.1 Å². The highest BCUT2D eigenvalue weighted by atomic mass is 19.4. The van der Waals surface area contributed by atoms with E-state index in [9.17, 15) is 18.0 Å². The zero-order chi connectivity index (χ0) is 14.0. The molecule has 0 atom stereocenters. The molecule has 1 radical (unpaired) electrons. The van der Waals surface area contributed by atoms with E-state index in [0.29, 0.717) is 26.2 Å². The number of amides is 1. The number of nitrogens with zero attached hydrogens (tertiary/aromatic N) is 4. The number of rotatable bonds is 1. The number of hydrogen-bond donors (Lipinski definition) is 0. The molecule has 1 aromatic rings. The molecule has 5 nitrogen and oxygen atoms in total. The molecule has 0 aliphatic carbocycles. The number of halogens is 3. The summed E-state index contributed by atoms with van der Waals surface area (Å²) in [7, 11) is 0.